The molecule has 2 N–H and O–H groups in total. The second-order valence-corrected chi connectivity index (χ2v) is 7.94. The van der Waals surface area contributed by atoms with Gasteiger partial charge in [0, 0.05) is 31.4 Å². The fourth-order valence-electron chi connectivity index (χ4n) is 4.35. The molecule has 2 aromatic rings. The molecule has 0 spiro atoms. The molecule has 1 aliphatic carbocycles. The highest BCUT2D eigenvalue weighted by Gasteiger charge is 2.27. The van der Waals surface area contributed by atoms with Crippen molar-refractivity contribution in [2.75, 3.05) is 20.2 Å². The number of likely N-dealkylation sites (tertiary alicyclic amines) is 1. The van der Waals surface area contributed by atoms with Crippen LogP contribution >= 0.6 is 11.6 Å². The first-order chi connectivity index (χ1) is 13.1. The van der Waals surface area contributed by atoms with Crippen LogP contribution < -0.4 is 10.1 Å². The van der Waals surface area contributed by atoms with Crippen molar-refractivity contribution in [1.82, 2.24) is 15.2 Å². The molecule has 0 bridgehead atoms. The van der Waals surface area contributed by atoms with Crippen LogP contribution in [0.1, 0.15) is 40.9 Å². The first kappa shape index (κ1) is 18.4. The smallest absolute Gasteiger partial charge is 0.270 e. The number of hydrogen-bond donors (Lipinski definition) is 2. The molecule has 1 atom stereocenters. The Labute approximate surface area is 165 Å². The molecule has 6 heteroatoms. The molecule has 5 nitrogen and oxygen atoms in total. The number of piperidine rings is 1. The third-order valence-corrected chi connectivity index (χ3v) is 6.01. The van der Waals surface area contributed by atoms with Crippen molar-refractivity contribution in [3.8, 4) is 5.75 Å². The summed E-state index contributed by atoms with van der Waals surface area (Å²) in [5.41, 5.74) is 3.33. The number of carbonyl (C=O) groups excluding carboxylic acids is 1. The van der Waals surface area contributed by atoms with Gasteiger partial charge in [-0.05, 0) is 55.4 Å². The lowest BCUT2D eigenvalue weighted by Crippen LogP contribution is -2.49. The molecule has 4 rings (SSSR count). The van der Waals surface area contributed by atoms with E-state index >= 15 is 0 Å². The number of methoxy groups -OCH3 is 1. The van der Waals surface area contributed by atoms with Gasteiger partial charge >= 0.3 is 0 Å². The number of nitrogens with one attached hydrogen (secondary N) is 2. The monoisotopic (exact) mass is 387 g/mol. The number of benzene rings is 1. The molecule has 1 saturated heterocycles. The van der Waals surface area contributed by atoms with E-state index in [0.29, 0.717) is 22.8 Å². The van der Waals surface area contributed by atoms with Crippen LogP contribution in [0.2, 0.25) is 5.02 Å². The van der Waals surface area contributed by atoms with E-state index in [1.54, 1.807) is 19.4 Å². The molecule has 1 fully saturated rings. The van der Waals surface area contributed by atoms with Gasteiger partial charge in [0.15, 0.2) is 0 Å². The Morgan fingerprint density at radius 3 is 2.78 bits per heavy atom. The average molecular weight is 388 g/mol. The second-order valence-electron chi connectivity index (χ2n) is 7.50. The molecule has 2 heterocycles. The average Bonchev–Trinajstić information content (AvgIpc) is 3.13. The van der Waals surface area contributed by atoms with Gasteiger partial charge in [-0.15, -0.1) is 0 Å². The van der Waals surface area contributed by atoms with Gasteiger partial charge in [-0.25, -0.2) is 0 Å². The van der Waals surface area contributed by atoms with Crippen LogP contribution in [-0.2, 0) is 12.8 Å². The number of halogens is 1. The molecule has 144 valence electrons. The Kier molecular flexibility index (Phi) is 5.41. The summed E-state index contributed by atoms with van der Waals surface area (Å²) < 4.78 is 5.50. The Hall–Kier alpha value is -1.98. The lowest BCUT2D eigenvalue weighted by molar-refractivity contribution is 0.0696. The number of aromatic amines is 1. The summed E-state index contributed by atoms with van der Waals surface area (Å²) in [5.74, 6) is 1.06. The zero-order chi connectivity index (χ0) is 18.8. The number of H-pyrrole nitrogens is 1. The van der Waals surface area contributed by atoms with Gasteiger partial charge in [-0.3, -0.25) is 4.79 Å². The predicted octanol–water partition coefficient (Wildman–Crippen LogP) is 3.43. The van der Waals surface area contributed by atoms with Gasteiger partial charge in [0.05, 0.1) is 12.1 Å². The van der Waals surface area contributed by atoms with Crippen molar-refractivity contribution in [1.29, 1.82) is 0 Å². The highest BCUT2D eigenvalue weighted by atomic mass is 35.5. The van der Waals surface area contributed by atoms with E-state index in [2.05, 4.69) is 28.5 Å². The van der Waals surface area contributed by atoms with Crippen molar-refractivity contribution in [2.45, 2.75) is 44.2 Å². The first-order valence-corrected chi connectivity index (χ1v) is 10.1. The highest BCUT2D eigenvalue weighted by molar-refractivity contribution is 6.30. The summed E-state index contributed by atoms with van der Waals surface area (Å²) in [6.07, 6.45) is 6.87. The zero-order valence-corrected chi connectivity index (χ0v) is 16.4. The first-order valence-electron chi connectivity index (χ1n) is 9.68. The highest BCUT2D eigenvalue weighted by Crippen LogP contribution is 2.30. The molecule has 0 radical (unpaired) electrons. The molecule has 1 amide bonds. The minimum atomic E-state index is 0.0408. The molecular formula is C21H26ClN3O2. The third kappa shape index (κ3) is 3.99. The summed E-state index contributed by atoms with van der Waals surface area (Å²) in [7, 11) is 1.75. The van der Waals surface area contributed by atoms with Gasteiger partial charge in [0.1, 0.15) is 11.4 Å². The van der Waals surface area contributed by atoms with E-state index in [4.69, 9.17) is 16.3 Å². The largest absolute Gasteiger partial charge is 0.496 e. The predicted molar refractivity (Wildman–Crippen MR) is 107 cm³/mol. The van der Waals surface area contributed by atoms with Crippen molar-refractivity contribution in [3.63, 3.8) is 0 Å². The minimum Gasteiger partial charge on any atom is -0.496 e. The van der Waals surface area contributed by atoms with E-state index in [1.165, 1.54) is 11.1 Å². The summed E-state index contributed by atoms with van der Waals surface area (Å²) in [6, 6.07) is 9.02. The Morgan fingerprint density at radius 1 is 1.26 bits per heavy atom. The van der Waals surface area contributed by atoms with Gasteiger partial charge in [0.2, 0.25) is 0 Å². The van der Waals surface area contributed by atoms with Crippen molar-refractivity contribution in [2.24, 2.45) is 0 Å². The number of rotatable bonds is 4. The summed E-state index contributed by atoms with van der Waals surface area (Å²) in [5, 5.41) is 4.41. The number of fused-ring (bicyclic) bond motifs is 1. The van der Waals surface area contributed by atoms with Crippen LogP contribution in [0.15, 0.2) is 30.5 Å². The Bertz CT molecular complexity index is 812. The molecule has 27 heavy (non-hydrogen) atoms. The van der Waals surface area contributed by atoms with E-state index in [9.17, 15) is 4.79 Å². The van der Waals surface area contributed by atoms with Gasteiger partial charge in [-0.2, -0.15) is 0 Å². The lowest BCUT2D eigenvalue weighted by atomic mass is 9.87. The zero-order valence-electron chi connectivity index (χ0n) is 15.6. The molecule has 1 aromatic heterocycles. The molecular weight excluding hydrogens is 362 g/mol. The maximum absolute atomic E-state index is 12.5. The number of nitrogens with zero attached hydrogens (tertiary/aromatic N) is 1. The van der Waals surface area contributed by atoms with Crippen LogP contribution in [0, 0.1) is 0 Å². The quantitative estimate of drug-likeness (QED) is 0.845. The van der Waals surface area contributed by atoms with Gasteiger partial charge < -0.3 is 19.9 Å². The van der Waals surface area contributed by atoms with E-state index in [1.807, 2.05) is 4.90 Å². The molecule has 1 unspecified atom stereocenters. The third-order valence-electron chi connectivity index (χ3n) is 5.79. The normalized spacial score (nSPS) is 20.4. The number of ether oxygens (including phenoxy) is 1. The topological polar surface area (TPSA) is 57.4 Å². The number of hydrogen-bond acceptors (Lipinski definition) is 3. The van der Waals surface area contributed by atoms with Crippen LogP contribution in [0.4, 0.5) is 0 Å². The van der Waals surface area contributed by atoms with Crippen LogP contribution in [0.3, 0.4) is 0 Å². The number of carbonyl (C=O) groups is 1. The summed E-state index contributed by atoms with van der Waals surface area (Å²) in [6.45, 7) is 1.56. The van der Waals surface area contributed by atoms with Crippen molar-refractivity contribution >= 4 is 17.5 Å². The fraction of sp³-hybridized carbons (Fsp3) is 0.476. The number of amides is 1. The van der Waals surface area contributed by atoms with Crippen molar-refractivity contribution in [3.05, 3.63) is 52.3 Å². The molecule has 0 saturated carbocycles. The molecule has 1 aliphatic heterocycles. The number of aromatic nitrogens is 1. The molecule has 2 aliphatic rings. The standard InChI is InChI=1S/C21H26ClN3O2/c1-27-20-4-2-3-14-11-17(5-6-18(14)20)24-16-7-9-25(10-8-16)21(26)19-12-15(22)13-23-19/h2-4,12-13,16-17,23-24H,5-11H2,1H3. The second kappa shape index (κ2) is 7.95. The van der Waals surface area contributed by atoms with E-state index < -0.39 is 0 Å². The summed E-state index contributed by atoms with van der Waals surface area (Å²) in [4.78, 5) is 17.4. The maximum Gasteiger partial charge on any atom is 0.270 e. The Morgan fingerprint density at radius 2 is 2.07 bits per heavy atom. The lowest BCUT2D eigenvalue weighted by Gasteiger charge is -2.36. The maximum atomic E-state index is 12.5. The van der Waals surface area contributed by atoms with Crippen molar-refractivity contribution < 1.29 is 9.53 Å². The summed E-state index contributed by atoms with van der Waals surface area (Å²) >= 11 is 5.91. The molecule has 1 aromatic carbocycles. The fourth-order valence-corrected chi connectivity index (χ4v) is 4.51. The SMILES string of the molecule is COc1cccc2c1CCC(NC1CCN(C(=O)c3cc(Cl)c[nH]3)CC1)C2. The van der Waals surface area contributed by atoms with Crippen LogP contribution in [0.25, 0.3) is 0 Å². The van der Waals surface area contributed by atoms with Crippen LogP contribution in [0.5, 0.6) is 5.75 Å². The minimum absolute atomic E-state index is 0.0408. The van der Waals surface area contributed by atoms with Crippen LogP contribution in [-0.4, -0.2) is 48.1 Å². The Balaban J connectivity index is 1.30. The van der Waals surface area contributed by atoms with E-state index in [0.717, 1.165) is 50.9 Å². The van der Waals surface area contributed by atoms with Gasteiger partial charge in [0.25, 0.3) is 5.91 Å². The van der Waals surface area contributed by atoms with Gasteiger partial charge in [-0.1, -0.05) is 23.7 Å². The van der Waals surface area contributed by atoms with E-state index in [-0.39, 0.29) is 5.91 Å².